The lowest BCUT2D eigenvalue weighted by Gasteiger charge is -2.13. The summed E-state index contributed by atoms with van der Waals surface area (Å²) in [5.74, 6) is -1.11. The molecule has 0 heterocycles. The van der Waals surface area contributed by atoms with E-state index < -0.39 is 17.9 Å². The summed E-state index contributed by atoms with van der Waals surface area (Å²) in [6, 6.07) is 5.27. The Morgan fingerprint density at radius 2 is 2.00 bits per heavy atom. The molecule has 0 aliphatic carbocycles. The predicted molar refractivity (Wildman–Crippen MR) is 58.7 cm³/mol. The van der Waals surface area contributed by atoms with Crippen molar-refractivity contribution in [3.63, 3.8) is 0 Å². The van der Waals surface area contributed by atoms with Gasteiger partial charge in [0.2, 0.25) is 5.91 Å². The van der Waals surface area contributed by atoms with Crippen molar-refractivity contribution in [1.82, 2.24) is 5.32 Å². The maximum atomic E-state index is 12.6. The summed E-state index contributed by atoms with van der Waals surface area (Å²) < 4.78 is 17.8. The number of nitrogens with two attached hydrogens (primary N) is 1. The molecule has 17 heavy (non-hydrogen) atoms. The quantitative estimate of drug-likeness (QED) is 0.771. The van der Waals surface area contributed by atoms with Gasteiger partial charge in [0.25, 0.3) is 5.91 Å². The Morgan fingerprint density at radius 1 is 1.41 bits per heavy atom. The van der Waals surface area contributed by atoms with Gasteiger partial charge in [-0.05, 0) is 31.2 Å². The van der Waals surface area contributed by atoms with E-state index in [1.807, 2.05) is 0 Å². The SMILES string of the molecule is CC(Oc1ccc(F)cc1)C(=O)NCC(N)=O. The number of amides is 2. The Morgan fingerprint density at radius 3 is 2.53 bits per heavy atom. The first-order valence-electron chi connectivity index (χ1n) is 4.97. The van der Waals surface area contributed by atoms with Crippen LogP contribution >= 0.6 is 0 Å². The Labute approximate surface area is 97.7 Å². The molecule has 92 valence electrons. The van der Waals surface area contributed by atoms with Crippen LogP contribution in [0.15, 0.2) is 24.3 Å². The highest BCUT2D eigenvalue weighted by molar-refractivity contribution is 5.86. The van der Waals surface area contributed by atoms with E-state index in [9.17, 15) is 14.0 Å². The van der Waals surface area contributed by atoms with Crippen LogP contribution in [0.4, 0.5) is 4.39 Å². The van der Waals surface area contributed by atoms with Gasteiger partial charge in [-0.1, -0.05) is 0 Å². The van der Waals surface area contributed by atoms with E-state index >= 15 is 0 Å². The van der Waals surface area contributed by atoms with Gasteiger partial charge < -0.3 is 15.8 Å². The highest BCUT2D eigenvalue weighted by atomic mass is 19.1. The maximum Gasteiger partial charge on any atom is 0.261 e. The number of carbonyl (C=O) groups excluding carboxylic acids is 2. The number of hydrogen-bond acceptors (Lipinski definition) is 3. The minimum Gasteiger partial charge on any atom is -0.481 e. The summed E-state index contributed by atoms with van der Waals surface area (Å²) in [6.07, 6.45) is -0.792. The topological polar surface area (TPSA) is 81.4 Å². The summed E-state index contributed by atoms with van der Waals surface area (Å²) in [4.78, 5) is 21.8. The molecule has 1 atom stereocenters. The van der Waals surface area contributed by atoms with Gasteiger partial charge in [-0.25, -0.2) is 4.39 Å². The second-order valence-corrected chi connectivity index (χ2v) is 3.40. The molecule has 0 fully saturated rings. The Kier molecular flexibility index (Phi) is 4.45. The normalized spacial score (nSPS) is 11.6. The van der Waals surface area contributed by atoms with Crippen LogP contribution < -0.4 is 15.8 Å². The van der Waals surface area contributed by atoms with Crippen LogP contribution in [-0.4, -0.2) is 24.5 Å². The number of primary amides is 1. The fraction of sp³-hybridized carbons (Fsp3) is 0.273. The number of nitrogens with one attached hydrogen (secondary N) is 1. The van der Waals surface area contributed by atoms with E-state index in [-0.39, 0.29) is 12.4 Å². The average Bonchev–Trinajstić information content (AvgIpc) is 2.28. The fourth-order valence-electron chi connectivity index (χ4n) is 1.09. The van der Waals surface area contributed by atoms with Gasteiger partial charge in [0, 0.05) is 0 Å². The van der Waals surface area contributed by atoms with E-state index in [2.05, 4.69) is 5.32 Å². The van der Waals surface area contributed by atoms with Crippen molar-refractivity contribution in [1.29, 1.82) is 0 Å². The molecule has 0 saturated carbocycles. The Bertz CT molecular complexity index is 406. The van der Waals surface area contributed by atoms with Crippen LogP contribution in [0, 0.1) is 5.82 Å². The van der Waals surface area contributed by atoms with Crippen molar-refractivity contribution in [2.24, 2.45) is 5.73 Å². The fourth-order valence-corrected chi connectivity index (χ4v) is 1.09. The van der Waals surface area contributed by atoms with Crippen molar-refractivity contribution < 1.29 is 18.7 Å². The van der Waals surface area contributed by atoms with E-state index in [0.717, 1.165) is 0 Å². The van der Waals surface area contributed by atoms with Gasteiger partial charge in [0.15, 0.2) is 6.10 Å². The Hall–Kier alpha value is -2.11. The molecule has 1 unspecified atom stereocenters. The molecule has 1 rings (SSSR count). The average molecular weight is 240 g/mol. The van der Waals surface area contributed by atoms with Crippen molar-refractivity contribution in [2.45, 2.75) is 13.0 Å². The second-order valence-electron chi connectivity index (χ2n) is 3.40. The van der Waals surface area contributed by atoms with Crippen molar-refractivity contribution in [2.75, 3.05) is 6.54 Å². The predicted octanol–water partition coefficient (Wildman–Crippen LogP) is 0.194. The molecule has 3 N–H and O–H groups in total. The number of rotatable bonds is 5. The van der Waals surface area contributed by atoms with Crippen molar-refractivity contribution >= 4 is 11.8 Å². The zero-order valence-corrected chi connectivity index (χ0v) is 9.27. The summed E-state index contributed by atoms with van der Waals surface area (Å²) in [6.45, 7) is 1.27. The molecule has 1 aromatic carbocycles. The molecule has 0 aromatic heterocycles. The molecule has 0 aliphatic heterocycles. The van der Waals surface area contributed by atoms with Crippen molar-refractivity contribution in [3.8, 4) is 5.75 Å². The van der Waals surface area contributed by atoms with E-state index in [1.54, 1.807) is 0 Å². The minimum absolute atomic E-state index is 0.240. The largest absolute Gasteiger partial charge is 0.481 e. The Balaban J connectivity index is 2.48. The van der Waals surface area contributed by atoms with Gasteiger partial charge >= 0.3 is 0 Å². The molecule has 1 aromatic rings. The molecular weight excluding hydrogens is 227 g/mol. The first kappa shape index (κ1) is 13.0. The molecule has 0 saturated heterocycles. The van der Waals surface area contributed by atoms with Gasteiger partial charge in [-0.2, -0.15) is 0 Å². The molecule has 5 nitrogen and oxygen atoms in total. The summed E-state index contributed by atoms with van der Waals surface area (Å²) >= 11 is 0. The number of halogens is 1. The van der Waals surface area contributed by atoms with Crippen LogP contribution in [0.2, 0.25) is 0 Å². The zero-order valence-electron chi connectivity index (χ0n) is 9.27. The first-order chi connectivity index (χ1) is 7.99. The van der Waals surface area contributed by atoms with Crippen LogP contribution in [-0.2, 0) is 9.59 Å². The van der Waals surface area contributed by atoms with E-state index in [4.69, 9.17) is 10.5 Å². The first-order valence-corrected chi connectivity index (χ1v) is 4.97. The van der Waals surface area contributed by atoms with Crippen LogP contribution in [0.5, 0.6) is 5.75 Å². The molecule has 0 bridgehead atoms. The van der Waals surface area contributed by atoms with Gasteiger partial charge in [-0.3, -0.25) is 9.59 Å². The van der Waals surface area contributed by atoms with Crippen LogP contribution in [0.1, 0.15) is 6.92 Å². The van der Waals surface area contributed by atoms with Crippen LogP contribution in [0.25, 0.3) is 0 Å². The summed E-state index contributed by atoms with van der Waals surface area (Å²) in [5, 5.41) is 2.30. The van der Waals surface area contributed by atoms with E-state index in [1.165, 1.54) is 31.2 Å². The molecule has 0 radical (unpaired) electrons. The smallest absolute Gasteiger partial charge is 0.261 e. The molecule has 6 heteroatoms. The lowest BCUT2D eigenvalue weighted by molar-refractivity contribution is -0.129. The van der Waals surface area contributed by atoms with Crippen molar-refractivity contribution in [3.05, 3.63) is 30.1 Å². The number of carbonyl (C=O) groups is 2. The van der Waals surface area contributed by atoms with Gasteiger partial charge in [0.1, 0.15) is 11.6 Å². The lowest BCUT2D eigenvalue weighted by Crippen LogP contribution is -2.40. The lowest BCUT2D eigenvalue weighted by atomic mass is 10.3. The third-order valence-corrected chi connectivity index (χ3v) is 1.93. The monoisotopic (exact) mass is 240 g/mol. The molecule has 2 amide bonds. The van der Waals surface area contributed by atoms with Gasteiger partial charge in [0.05, 0.1) is 6.54 Å². The highest BCUT2D eigenvalue weighted by Crippen LogP contribution is 2.12. The minimum atomic E-state index is -0.792. The number of hydrogen-bond donors (Lipinski definition) is 2. The van der Waals surface area contributed by atoms with Crippen LogP contribution in [0.3, 0.4) is 0 Å². The third kappa shape index (κ3) is 4.50. The maximum absolute atomic E-state index is 12.6. The number of benzene rings is 1. The standard InChI is InChI=1S/C11H13FN2O3/c1-7(11(16)14-6-10(13)15)17-9-4-2-8(12)3-5-9/h2-5,7H,6H2,1H3,(H2,13,15)(H,14,16). The summed E-state index contributed by atoms with van der Waals surface area (Å²) in [7, 11) is 0. The molecule has 0 aliphatic rings. The van der Waals surface area contributed by atoms with E-state index in [0.29, 0.717) is 5.75 Å². The summed E-state index contributed by atoms with van der Waals surface area (Å²) in [5.41, 5.74) is 4.87. The number of ether oxygens (including phenoxy) is 1. The molecular formula is C11H13FN2O3. The highest BCUT2D eigenvalue weighted by Gasteiger charge is 2.14. The molecule has 0 spiro atoms. The third-order valence-electron chi connectivity index (χ3n) is 1.93. The van der Waals surface area contributed by atoms with Gasteiger partial charge in [-0.15, -0.1) is 0 Å². The zero-order chi connectivity index (χ0) is 12.8. The second kappa shape index (κ2) is 5.83.